The molecule has 0 bridgehead atoms. The number of halogens is 6. The predicted molar refractivity (Wildman–Crippen MR) is 156 cm³/mol. The second-order valence-corrected chi connectivity index (χ2v) is 10.3. The first-order valence-corrected chi connectivity index (χ1v) is 14.1. The standard InChI is InChI=1S/C30H22F6N8O5/c1-3-42(4-2)26(45)15-9-22(24-13-43(40-38-24)16-5-7-20(29(31,32)33)18(11-16)27(46)47)37-23(10-15)25-14-44(41-39-25)17-6-8-21(30(34,35)36)19(12-17)28(48)49/h5-14H,3-4H2,1-2H3,(H,46,47)(H,48,49). The molecule has 0 atom stereocenters. The lowest BCUT2D eigenvalue weighted by Gasteiger charge is -2.19. The van der Waals surface area contributed by atoms with E-state index in [1.165, 1.54) is 29.4 Å². The SMILES string of the molecule is CCN(CC)C(=O)c1cc(-c2cn(-c3ccc(C(F)(F)F)c(C(=O)O)c3)nn2)nc(-c2cn(-c3ccc(C(F)(F)F)c(C(=O)O)c3)nn2)c1. The number of rotatable bonds is 9. The third-order valence-electron chi connectivity index (χ3n) is 7.24. The van der Waals surface area contributed by atoms with Gasteiger partial charge in [0.05, 0.1) is 57.4 Å². The van der Waals surface area contributed by atoms with Crippen molar-refractivity contribution in [2.75, 3.05) is 13.1 Å². The number of nitrogens with zero attached hydrogens (tertiary/aromatic N) is 8. The Hall–Kier alpha value is -6.14. The van der Waals surface area contributed by atoms with Crippen molar-refractivity contribution in [2.24, 2.45) is 0 Å². The molecule has 0 saturated carbocycles. The average molecular weight is 689 g/mol. The van der Waals surface area contributed by atoms with Crippen LogP contribution in [0.4, 0.5) is 26.3 Å². The van der Waals surface area contributed by atoms with Crippen molar-refractivity contribution in [3.63, 3.8) is 0 Å². The van der Waals surface area contributed by atoms with Crippen molar-refractivity contribution in [2.45, 2.75) is 26.2 Å². The zero-order valence-electron chi connectivity index (χ0n) is 25.2. The smallest absolute Gasteiger partial charge is 0.417 e. The van der Waals surface area contributed by atoms with E-state index in [2.05, 4.69) is 25.6 Å². The van der Waals surface area contributed by atoms with Crippen LogP contribution in [0.1, 0.15) is 56.0 Å². The molecular formula is C30H22F6N8O5. The topological polar surface area (TPSA) is 169 Å². The number of carboxylic acids is 2. The fraction of sp³-hybridized carbons (Fsp3) is 0.200. The number of hydrogen-bond donors (Lipinski definition) is 2. The van der Waals surface area contributed by atoms with Gasteiger partial charge in [-0.2, -0.15) is 26.3 Å². The fourth-order valence-electron chi connectivity index (χ4n) is 4.82. The van der Waals surface area contributed by atoms with Gasteiger partial charge < -0.3 is 15.1 Å². The minimum Gasteiger partial charge on any atom is -0.478 e. The first-order valence-electron chi connectivity index (χ1n) is 14.1. The molecule has 0 unspecified atom stereocenters. The molecule has 49 heavy (non-hydrogen) atoms. The van der Waals surface area contributed by atoms with E-state index in [9.17, 15) is 50.9 Å². The number of amides is 1. The molecule has 0 aliphatic carbocycles. The van der Waals surface area contributed by atoms with E-state index in [1.54, 1.807) is 13.8 Å². The first-order chi connectivity index (χ1) is 23.0. The van der Waals surface area contributed by atoms with Crippen molar-refractivity contribution in [1.29, 1.82) is 0 Å². The van der Waals surface area contributed by atoms with E-state index in [0.717, 1.165) is 33.6 Å². The minimum atomic E-state index is -4.93. The molecule has 5 aromatic rings. The lowest BCUT2D eigenvalue weighted by Crippen LogP contribution is -2.30. The summed E-state index contributed by atoms with van der Waals surface area (Å²) >= 11 is 0. The van der Waals surface area contributed by atoms with Crippen LogP contribution in [0, 0.1) is 0 Å². The monoisotopic (exact) mass is 688 g/mol. The van der Waals surface area contributed by atoms with Crippen LogP contribution in [0.5, 0.6) is 0 Å². The predicted octanol–water partition coefficient (Wildman–Crippen LogP) is 5.49. The molecule has 2 N–H and O–H groups in total. The number of benzene rings is 2. The number of alkyl halides is 6. The van der Waals surface area contributed by atoms with Crippen LogP contribution in [-0.2, 0) is 12.4 Å². The zero-order chi connectivity index (χ0) is 35.8. The maximum Gasteiger partial charge on any atom is 0.417 e. The summed E-state index contributed by atoms with van der Waals surface area (Å²) in [5.41, 5.74) is -4.64. The van der Waals surface area contributed by atoms with Crippen molar-refractivity contribution in [1.82, 2.24) is 39.9 Å². The quantitative estimate of drug-likeness (QED) is 0.189. The molecule has 0 aliphatic heterocycles. The number of hydrogen-bond acceptors (Lipinski definition) is 8. The Morgan fingerprint density at radius 1 is 0.673 bits per heavy atom. The van der Waals surface area contributed by atoms with Gasteiger partial charge >= 0.3 is 24.3 Å². The Balaban J connectivity index is 1.58. The average Bonchev–Trinajstić information content (AvgIpc) is 3.75. The van der Waals surface area contributed by atoms with E-state index in [1.807, 2.05) is 0 Å². The molecule has 1 amide bonds. The number of carbonyl (C=O) groups excluding carboxylic acids is 1. The zero-order valence-corrected chi connectivity index (χ0v) is 25.2. The highest BCUT2D eigenvalue weighted by molar-refractivity contribution is 5.96. The summed E-state index contributed by atoms with van der Waals surface area (Å²) in [5, 5.41) is 34.5. The molecule has 0 aliphatic rings. The van der Waals surface area contributed by atoms with Crippen molar-refractivity contribution >= 4 is 17.8 Å². The van der Waals surface area contributed by atoms with Gasteiger partial charge in [0.25, 0.3) is 5.91 Å². The molecule has 0 spiro atoms. The highest BCUT2D eigenvalue weighted by atomic mass is 19.4. The molecule has 3 aromatic heterocycles. The number of aromatic carboxylic acids is 2. The number of carboxylic acid groups (broad SMARTS) is 2. The summed E-state index contributed by atoms with van der Waals surface area (Å²) in [5.74, 6) is -4.05. The highest BCUT2D eigenvalue weighted by Crippen LogP contribution is 2.35. The minimum absolute atomic E-state index is 0.0217. The summed E-state index contributed by atoms with van der Waals surface area (Å²) in [4.78, 5) is 42.5. The normalized spacial score (nSPS) is 11.8. The van der Waals surface area contributed by atoms with Crippen LogP contribution >= 0.6 is 0 Å². The summed E-state index contributed by atoms with van der Waals surface area (Å²) in [7, 11) is 0. The number of carbonyl (C=O) groups is 3. The first kappa shape index (κ1) is 34.2. The molecule has 5 rings (SSSR count). The Labute approximate surface area is 271 Å². The van der Waals surface area contributed by atoms with Crippen LogP contribution < -0.4 is 0 Å². The van der Waals surface area contributed by atoms with E-state index in [0.29, 0.717) is 25.2 Å². The van der Waals surface area contributed by atoms with Gasteiger partial charge in [-0.15, -0.1) is 10.2 Å². The van der Waals surface area contributed by atoms with E-state index in [-0.39, 0.29) is 39.7 Å². The van der Waals surface area contributed by atoms with Gasteiger partial charge in [0.2, 0.25) is 0 Å². The van der Waals surface area contributed by atoms with Gasteiger partial charge in [-0.05, 0) is 62.4 Å². The van der Waals surface area contributed by atoms with Gasteiger partial charge in [0.1, 0.15) is 11.4 Å². The van der Waals surface area contributed by atoms with Crippen molar-refractivity contribution in [3.8, 4) is 34.2 Å². The summed E-state index contributed by atoms with van der Waals surface area (Å²) in [6.07, 6.45) is -7.35. The number of pyridine rings is 1. The van der Waals surface area contributed by atoms with Crippen molar-refractivity contribution < 1.29 is 50.9 Å². The Morgan fingerprint density at radius 3 is 1.43 bits per heavy atom. The Bertz CT molecular complexity index is 1950. The van der Waals surface area contributed by atoms with Crippen LogP contribution in [-0.4, -0.2) is 81.0 Å². The van der Waals surface area contributed by atoms with Gasteiger partial charge in [0.15, 0.2) is 0 Å². The third kappa shape index (κ3) is 6.94. The second-order valence-electron chi connectivity index (χ2n) is 10.3. The van der Waals surface area contributed by atoms with Crippen LogP contribution in [0.3, 0.4) is 0 Å². The molecule has 13 nitrogen and oxygen atoms in total. The summed E-state index contributed by atoms with van der Waals surface area (Å²) in [6.45, 7) is 4.20. The maximum absolute atomic E-state index is 13.4. The van der Waals surface area contributed by atoms with Crippen LogP contribution in [0.2, 0.25) is 0 Å². The Kier molecular flexibility index (Phi) is 8.94. The van der Waals surface area contributed by atoms with Gasteiger partial charge in [-0.1, -0.05) is 10.4 Å². The van der Waals surface area contributed by atoms with Gasteiger partial charge in [-0.3, -0.25) is 4.79 Å². The summed E-state index contributed by atoms with van der Waals surface area (Å²) < 4.78 is 82.1. The largest absolute Gasteiger partial charge is 0.478 e. The van der Waals surface area contributed by atoms with Gasteiger partial charge in [-0.25, -0.2) is 23.9 Å². The molecule has 254 valence electrons. The molecule has 0 fully saturated rings. The Morgan fingerprint density at radius 2 is 1.08 bits per heavy atom. The highest BCUT2D eigenvalue weighted by Gasteiger charge is 2.36. The molecule has 2 aromatic carbocycles. The second kappa shape index (κ2) is 12.8. The third-order valence-corrected chi connectivity index (χ3v) is 7.24. The molecule has 3 heterocycles. The maximum atomic E-state index is 13.4. The van der Waals surface area contributed by atoms with E-state index in [4.69, 9.17) is 0 Å². The van der Waals surface area contributed by atoms with E-state index >= 15 is 0 Å². The van der Waals surface area contributed by atoms with E-state index < -0.39 is 52.5 Å². The lowest BCUT2D eigenvalue weighted by atomic mass is 10.1. The molecule has 0 saturated heterocycles. The number of aromatic nitrogens is 7. The van der Waals surface area contributed by atoms with Crippen molar-refractivity contribution in [3.05, 3.63) is 88.7 Å². The molecular weight excluding hydrogens is 666 g/mol. The lowest BCUT2D eigenvalue weighted by molar-refractivity contribution is -0.138. The van der Waals surface area contributed by atoms with Crippen LogP contribution in [0.25, 0.3) is 34.2 Å². The van der Waals surface area contributed by atoms with Gasteiger partial charge in [0, 0.05) is 18.7 Å². The fourth-order valence-corrected chi connectivity index (χ4v) is 4.82. The molecule has 0 radical (unpaired) electrons. The summed E-state index contributed by atoms with van der Waals surface area (Å²) in [6, 6.07) is 7.51. The van der Waals surface area contributed by atoms with Crippen LogP contribution in [0.15, 0.2) is 60.9 Å². The molecule has 19 heteroatoms.